The largest absolute Gasteiger partial charge is 0.472 e. The van der Waals surface area contributed by atoms with Gasteiger partial charge >= 0.3 is 5.09 Å². The summed E-state index contributed by atoms with van der Waals surface area (Å²) < 4.78 is 9.35. The van der Waals surface area contributed by atoms with E-state index in [2.05, 4.69) is 16.4 Å². The fourth-order valence-corrected chi connectivity index (χ4v) is 4.77. The number of hydrogen-bond donors (Lipinski definition) is 2. The Morgan fingerprint density at radius 2 is 1.94 bits per heavy atom. The van der Waals surface area contributed by atoms with Crippen LogP contribution in [0, 0.1) is 4.91 Å². The van der Waals surface area contributed by atoms with Gasteiger partial charge in [-0.25, -0.2) is 15.4 Å². The summed E-state index contributed by atoms with van der Waals surface area (Å²) >= 11 is 20.4. The molecule has 0 fully saturated rings. The maximum atomic E-state index is 8.47. The Labute approximate surface area is 196 Å². The van der Waals surface area contributed by atoms with Gasteiger partial charge in [0.25, 0.3) is 0 Å². The Kier molecular flexibility index (Phi) is 8.11. The maximum absolute atomic E-state index is 8.47. The van der Waals surface area contributed by atoms with E-state index in [-0.39, 0.29) is 6.10 Å². The molecule has 31 heavy (non-hydrogen) atoms. The van der Waals surface area contributed by atoms with E-state index in [1.54, 1.807) is 29.9 Å². The summed E-state index contributed by atoms with van der Waals surface area (Å²) in [5, 5.41) is 17.7. The molecule has 2 aromatic heterocycles. The molecule has 0 aliphatic heterocycles. The molecule has 0 spiro atoms. The van der Waals surface area contributed by atoms with Crippen molar-refractivity contribution < 1.29 is 20.2 Å². The molecule has 0 bridgehead atoms. The first-order valence-electron chi connectivity index (χ1n) is 8.87. The number of hydrogen-bond acceptors (Lipinski definition) is 4. The molecule has 7 nitrogen and oxygen atoms in total. The van der Waals surface area contributed by atoms with E-state index in [4.69, 9.17) is 54.9 Å². The molecule has 0 amide bonds. The predicted octanol–water partition coefficient (Wildman–Crippen LogP) is 6.56. The SMILES string of the molecule is Clc1ccc(C(Cn2ccnc2)OCc2csc3c(Cl)cccc23)c(Cl)c1.O=[N+](O)O. The first-order chi connectivity index (χ1) is 14.8. The Morgan fingerprint density at radius 1 is 1.16 bits per heavy atom. The van der Waals surface area contributed by atoms with Gasteiger partial charge < -0.3 is 9.30 Å². The van der Waals surface area contributed by atoms with Crippen molar-refractivity contribution in [2.24, 2.45) is 0 Å². The normalized spacial score (nSPS) is 11.7. The molecule has 1 unspecified atom stereocenters. The zero-order valence-electron chi connectivity index (χ0n) is 15.9. The highest BCUT2D eigenvalue weighted by molar-refractivity contribution is 7.18. The Hall–Kier alpha value is -2.36. The van der Waals surface area contributed by atoms with E-state index < -0.39 is 5.09 Å². The number of ether oxygens (including phenoxy) is 1. The van der Waals surface area contributed by atoms with Crippen molar-refractivity contribution >= 4 is 56.2 Å². The first kappa shape index (κ1) is 23.3. The van der Waals surface area contributed by atoms with Crippen LogP contribution in [0.3, 0.4) is 0 Å². The lowest BCUT2D eigenvalue weighted by Crippen LogP contribution is -2.12. The van der Waals surface area contributed by atoms with Crippen LogP contribution in [0.4, 0.5) is 0 Å². The standard InChI is InChI=1S/C20H15Cl3N2OS.H2NO3/c21-14-4-5-16(18(23)8-14)19(9-25-7-6-24-12-25)26-10-13-11-27-20-15(13)2-1-3-17(20)22;2-1(3)4/h1-8,11-12,19H,9-10H2;(H2,2,3,4)/q;+1. The third kappa shape index (κ3) is 6.32. The number of imidazole rings is 1. The Balaban J connectivity index is 0.000000628. The number of halogens is 3. The van der Waals surface area contributed by atoms with Crippen LogP contribution in [0.15, 0.2) is 60.5 Å². The van der Waals surface area contributed by atoms with Gasteiger partial charge in [0, 0.05) is 28.0 Å². The molecule has 11 heteroatoms. The smallest absolute Gasteiger partial charge is 0.367 e. The molecule has 162 valence electrons. The lowest BCUT2D eigenvalue weighted by molar-refractivity contribution is -0.969. The molecule has 2 aromatic carbocycles. The van der Waals surface area contributed by atoms with E-state index in [9.17, 15) is 0 Å². The number of nitrogens with zero attached hydrogens (tertiary/aromatic N) is 3. The minimum atomic E-state index is -1.25. The molecule has 4 rings (SSSR count). The lowest BCUT2D eigenvalue weighted by Gasteiger charge is -2.20. The molecule has 4 aromatic rings. The van der Waals surface area contributed by atoms with Gasteiger partial charge in [0.2, 0.25) is 0 Å². The van der Waals surface area contributed by atoms with Crippen LogP contribution in [-0.2, 0) is 17.9 Å². The van der Waals surface area contributed by atoms with Crippen LogP contribution >= 0.6 is 46.1 Å². The Morgan fingerprint density at radius 3 is 2.61 bits per heavy atom. The number of thiophene rings is 1. The summed E-state index contributed by atoms with van der Waals surface area (Å²) in [4.78, 5) is 12.6. The zero-order valence-corrected chi connectivity index (χ0v) is 18.9. The predicted molar refractivity (Wildman–Crippen MR) is 120 cm³/mol. The van der Waals surface area contributed by atoms with Crippen LogP contribution in [0.1, 0.15) is 17.2 Å². The average Bonchev–Trinajstić information content (AvgIpc) is 3.35. The van der Waals surface area contributed by atoms with Gasteiger partial charge in [0.05, 0.1) is 29.2 Å². The number of rotatable bonds is 6. The number of aromatic nitrogens is 2. The van der Waals surface area contributed by atoms with E-state index in [1.807, 2.05) is 35.0 Å². The van der Waals surface area contributed by atoms with Crippen molar-refractivity contribution in [3.8, 4) is 0 Å². The van der Waals surface area contributed by atoms with Crippen LogP contribution < -0.4 is 0 Å². The van der Waals surface area contributed by atoms with Crippen LogP contribution in [0.5, 0.6) is 0 Å². The van der Waals surface area contributed by atoms with Gasteiger partial charge in [-0.05, 0) is 34.5 Å². The third-order valence-corrected chi connectivity index (χ3v) is 6.38. The molecule has 0 saturated carbocycles. The minimum absolute atomic E-state index is 0.238. The molecule has 1 atom stereocenters. The molecular formula is C20H17Cl3N3O4S+. The Bertz CT molecular complexity index is 1160. The fraction of sp³-hybridized carbons (Fsp3) is 0.150. The third-order valence-electron chi connectivity index (χ3n) is 4.32. The molecule has 0 saturated heterocycles. The number of fused-ring (bicyclic) bond motifs is 1. The summed E-state index contributed by atoms with van der Waals surface area (Å²) in [7, 11) is 0. The van der Waals surface area contributed by atoms with Crippen molar-refractivity contribution in [3.63, 3.8) is 0 Å². The van der Waals surface area contributed by atoms with E-state index in [1.165, 1.54) is 0 Å². The zero-order chi connectivity index (χ0) is 22.4. The highest BCUT2D eigenvalue weighted by Crippen LogP contribution is 2.35. The summed E-state index contributed by atoms with van der Waals surface area (Å²) in [5.74, 6) is 0. The molecule has 2 heterocycles. The van der Waals surface area contributed by atoms with E-state index in [0.717, 1.165) is 26.2 Å². The van der Waals surface area contributed by atoms with Crippen LogP contribution in [0.2, 0.25) is 15.1 Å². The van der Waals surface area contributed by atoms with Crippen LogP contribution in [-0.4, -0.2) is 25.1 Å². The highest BCUT2D eigenvalue weighted by Gasteiger charge is 2.18. The van der Waals surface area contributed by atoms with Crippen molar-refractivity contribution in [2.45, 2.75) is 19.3 Å². The summed E-state index contributed by atoms with van der Waals surface area (Å²) in [6.07, 6.45) is 5.17. The second-order valence-corrected chi connectivity index (χ2v) is 8.49. The van der Waals surface area contributed by atoms with Gasteiger partial charge in [0.1, 0.15) is 11.0 Å². The highest BCUT2D eigenvalue weighted by atomic mass is 35.5. The second-order valence-electron chi connectivity index (χ2n) is 6.36. The monoisotopic (exact) mass is 500 g/mol. The average molecular weight is 502 g/mol. The first-order valence-corrected chi connectivity index (χ1v) is 10.9. The molecule has 2 N–H and O–H groups in total. The van der Waals surface area contributed by atoms with Gasteiger partial charge in [-0.15, -0.1) is 11.3 Å². The fourth-order valence-electron chi connectivity index (χ4n) is 2.97. The van der Waals surface area contributed by atoms with Gasteiger partial charge in [0.15, 0.2) is 0 Å². The molecular weight excluding hydrogens is 485 g/mol. The van der Waals surface area contributed by atoms with E-state index in [0.29, 0.717) is 23.2 Å². The molecule has 0 radical (unpaired) electrons. The quantitative estimate of drug-likeness (QED) is 0.292. The van der Waals surface area contributed by atoms with Crippen molar-refractivity contribution in [1.29, 1.82) is 0 Å². The summed E-state index contributed by atoms with van der Waals surface area (Å²) in [6, 6.07) is 11.4. The lowest BCUT2D eigenvalue weighted by atomic mass is 10.1. The van der Waals surface area contributed by atoms with Crippen molar-refractivity contribution in [3.05, 3.63) is 91.6 Å². The summed E-state index contributed by atoms with van der Waals surface area (Å²) in [5.41, 5.74) is 2.01. The molecule has 0 aliphatic rings. The van der Waals surface area contributed by atoms with Crippen molar-refractivity contribution in [1.82, 2.24) is 9.55 Å². The number of benzene rings is 2. The minimum Gasteiger partial charge on any atom is -0.367 e. The molecule has 0 aliphatic carbocycles. The van der Waals surface area contributed by atoms with Crippen molar-refractivity contribution in [2.75, 3.05) is 0 Å². The van der Waals surface area contributed by atoms with Crippen LogP contribution in [0.25, 0.3) is 10.1 Å². The van der Waals surface area contributed by atoms with Gasteiger partial charge in [-0.1, -0.05) is 53.0 Å². The second kappa shape index (κ2) is 10.8. The summed E-state index contributed by atoms with van der Waals surface area (Å²) in [6.45, 7) is 1.06. The van der Waals surface area contributed by atoms with E-state index >= 15 is 0 Å². The van der Waals surface area contributed by atoms with Gasteiger partial charge in [-0.2, -0.15) is 0 Å². The maximum Gasteiger partial charge on any atom is 0.472 e. The van der Waals surface area contributed by atoms with Gasteiger partial charge in [-0.3, -0.25) is 0 Å². The topological polar surface area (TPSA) is 87.6 Å².